The van der Waals surface area contributed by atoms with Crippen LogP contribution in [0.3, 0.4) is 0 Å². The standard InChI is InChI=1S/C11H6ClFINO/c12-7-5-10(13)11(15-6-7)16-9-3-1-8(14)2-4-9/h1-6H. The SMILES string of the molecule is Fc1cc(Cl)cnc1Oc1ccc(I)cc1. The molecule has 2 rings (SSSR count). The molecule has 0 saturated carbocycles. The molecule has 0 atom stereocenters. The lowest BCUT2D eigenvalue weighted by atomic mass is 10.3. The topological polar surface area (TPSA) is 22.1 Å². The molecule has 0 aliphatic rings. The fourth-order valence-corrected chi connectivity index (χ4v) is 1.60. The first-order chi connectivity index (χ1) is 7.65. The molecule has 2 aromatic rings. The summed E-state index contributed by atoms with van der Waals surface area (Å²) in [6.07, 6.45) is 1.34. The molecule has 0 aliphatic carbocycles. The molecule has 0 N–H and O–H groups in total. The minimum atomic E-state index is -0.578. The highest BCUT2D eigenvalue weighted by Crippen LogP contribution is 2.24. The van der Waals surface area contributed by atoms with Crippen LogP contribution in [0.4, 0.5) is 4.39 Å². The summed E-state index contributed by atoms with van der Waals surface area (Å²) in [7, 11) is 0. The zero-order chi connectivity index (χ0) is 11.5. The van der Waals surface area contributed by atoms with E-state index >= 15 is 0 Å². The fraction of sp³-hybridized carbons (Fsp3) is 0. The van der Waals surface area contributed by atoms with Crippen LogP contribution >= 0.6 is 34.2 Å². The Balaban J connectivity index is 2.23. The average molecular weight is 350 g/mol. The molecular formula is C11H6ClFINO. The third kappa shape index (κ3) is 2.82. The quantitative estimate of drug-likeness (QED) is 0.755. The second-order valence-electron chi connectivity index (χ2n) is 3.00. The Morgan fingerprint density at radius 1 is 1.25 bits per heavy atom. The van der Waals surface area contributed by atoms with E-state index in [1.54, 1.807) is 12.1 Å². The van der Waals surface area contributed by atoms with E-state index in [0.717, 1.165) is 9.64 Å². The number of hydrogen-bond acceptors (Lipinski definition) is 2. The van der Waals surface area contributed by atoms with Crippen LogP contribution in [0.1, 0.15) is 0 Å². The smallest absolute Gasteiger partial charge is 0.255 e. The number of pyridine rings is 1. The third-order valence-electron chi connectivity index (χ3n) is 1.80. The number of ether oxygens (including phenoxy) is 1. The van der Waals surface area contributed by atoms with Gasteiger partial charge in [-0.15, -0.1) is 0 Å². The van der Waals surface area contributed by atoms with Gasteiger partial charge in [-0.25, -0.2) is 9.37 Å². The summed E-state index contributed by atoms with van der Waals surface area (Å²) in [5.74, 6) is -0.120. The second kappa shape index (κ2) is 4.97. The first-order valence-corrected chi connectivity index (χ1v) is 5.85. The molecule has 0 fully saturated rings. The van der Waals surface area contributed by atoms with Gasteiger partial charge in [-0.2, -0.15) is 0 Å². The van der Waals surface area contributed by atoms with Crippen molar-refractivity contribution in [3.63, 3.8) is 0 Å². The van der Waals surface area contributed by atoms with Crippen molar-refractivity contribution in [1.29, 1.82) is 0 Å². The van der Waals surface area contributed by atoms with E-state index in [9.17, 15) is 4.39 Å². The van der Waals surface area contributed by atoms with Crippen molar-refractivity contribution < 1.29 is 9.13 Å². The summed E-state index contributed by atoms with van der Waals surface area (Å²) in [5.41, 5.74) is 0. The Hall–Kier alpha value is -0.880. The predicted octanol–water partition coefficient (Wildman–Crippen LogP) is 4.27. The number of rotatable bonds is 2. The van der Waals surface area contributed by atoms with Gasteiger partial charge in [0.2, 0.25) is 0 Å². The Bertz CT molecular complexity index is 504. The number of benzene rings is 1. The van der Waals surface area contributed by atoms with Crippen LogP contribution in [-0.2, 0) is 0 Å². The lowest BCUT2D eigenvalue weighted by Gasteiger charge is -2.05. The highest BCUT2D eigenvalue weighted by Gasteiger charge is 2.06. The highest BCUT2D eigenvalue weighted by atomic mass is 127. The molecule has 0 unspecified atom stereocenters. The van der Waals surface area contributed by atoms with Gasteiger partial charge in [0.05, 0.1) is 5.02 Å². The van der Waals surface area contributed by atoms with Gasteiger partial charge in [0.1, 0.15) is 5.75 Å². The molecule has 0 radical (unpaired) electrons. The van der Waals surface area contributed by atoms with Gasteiger partial charge in [-0.1, -0.05) is 11.6 Å². The van der Waals surface area contributed by atoms with E-state index in [0.29, 0.717) is 5.75 Å². The first-order valence-electron chi connectivity index (χ1n) is 4.39. The zero-order valence-electron chi connectivity index (χ0n) is 7.95. The summed E-state index contributed by atoms with van der Waals surface area (Å²) >= 11 is 7.76. The molecule has 16 heavy (non-hydrogen) atoms. The molecule has 0 saturated heterocycles. The van der Waals surface area contributed by atoms with Crippen molar-refractivity contribution in [3.05, 3.63) is 50.9 Å². The molecule has 1 aromatic heterocycles. The van der Waals surface area contributed by atoms with Gasteiger partial charge in [-0.05, 0) is 52.9 Å². The summed E-state index contributed by atoms with van der Waals surface area (Å²) in [6, 6.07) is 8.39. The number of hydrogen-bond donors (Lipinski definition) is 0. The molecule has 5 heteroatoms. The minimum Gasteiger partial charge on any atom is -0.436 e. The lowest BCUT2D eigenvalue weighted by molar-refractivity contribution is 0.423. The Kier molecular flexibility index (Phi) is 3.60. The van der Waals surface area contributed by atoms with Crippen molar-refractivity contribution in [3.8, 4) is 11.6 Å². The molecular weight excluding hydrogens is 343 g/mol. The van der Waals surface area contributed by atoms with Crippen LogP contribution in [0, 0.1) is 9.39 Å². The van der Waals surface area contributed by atoms with E-state index in [1.165, 1.54) is 6.20 Å². The molecule has 1 heterocycles. The zero-order valence-corrected chi connectivity index (χ0v) is 10.9. The van der Waals surface area contributed by atoms with Crippen molar-refractivity contribution in [2.75, 3.05) is 0 Å². The van der Waals surface area contributed by atoms with Gasteiger partial charge in [-0.3, -0.25) is 0 Å². The Morgan fingerprint density at radius 2 is 1.94 bits per heavy atom. The van der Waals surface area contributed by atoms with Crippen LogP contribution in [-0.4, -0.2) is 4.98 Å². The molecule has 0 amide bonds. The van der Waals surface area contributed by atoms with E-state index in [-0.39, 0.29) is 10.9 Å². The van der Waals surface area contributed by atoms with Crippen molar-refractivity contribution in [1.82, 2.24) is 4.98 Å². The van der Waals surface area contributed by atoms with Crippen molar-refractivity contribution >= 4 is 34.2 Å². The maximum absolute atomic E-state index is 13.3. The summed E-state index contributed by atoms with van der Waals surface area (Å²) in [5, 5.41) is 0.243. The minimum absolute atomic E-state index is 0.0781. The van der Waals surface area contributed by atoms with E-state index in [2.05, 4.69) is 27.6 Å². The highest BCUT2D eigenvalue weighted by molar-refractivity contribution is 14.1. The third-order valence-corrected chi connectivity index (χ3v) is 2.73. The van der Waals surface area contributed by atoms with Crippen LogP contribution in [0.2, 0.25) is 5.02 Å². The van der Waals surface area contributed by atoms with Crippen molar-refractivity contribution in [2.45, 2.75) is 0 Å². The maximum Gasteiger partial charge on any atom is 0.255 e. The van der Waals surface area contributed by atoms with Crippen LogP contribution in [0.25, 0.3) is 0 Å². The van der Waals surface area contributed by atoms with Gasteiger partial charge >= 0.3 is 0 Å². The maximum atomic E-state index is 13.3. The van der Waals surface area contributed by atoms with Crippen molar-refractivity contribution in [2.24, 2.45) is 0 Å². The van der Waals surface area contributed by atoms with E-state index < -0.39 is 5.82 Å². The first kappa shape index (κ1) is 11.6. The predicted molar refractivity (Wildman–Crippen MR) is 68.4 cm³/mol. The summed E-state index contributed by atoms with van der Waals surface area (Å²) in [6.45, 7) is 0. The largest absolute Gasteiger partial charge is 0.436 e. The molecule has 0 bridgehead atoms. The van der Waals surface area contributed by atoms with Gasteiger partial charge < -0.3 is 4.74 Å². The summed E-state index contributed by atoms with van der Waals surface area (Å²) < 4.78 is 19.7. The van der Waals surface area contributed by atoms with Gasteiger partial charge in [0.15, 0.2) is 5.82 Å². The van der Waals surface area contributed by atoms with Gasteiger partial charge in [0.25, 0.3) is 5.88 Å². The monoisotopic (exact) mass is 349 g/mol. The molecule has 82 valence electrons. The number of nitrogens with zero attached hydrogens (tertiary/aromatic N) is 1. The van der Waals surface area contributed by atoms with Gasteiger partial charge in [0, 0.05) is 9.77 Å². The Morgan fingerprint density at radius 3 is 2.56 bits per heavy atom. The van der Waals surface area contributed by atoms with Crippen LogP contribution < -0.4 is 4.74 Å². The molecule has 0 spiro atoms. The van der Waals surface area contributed by atoms with E-state index in [1.807, 2.05) is 12.1 Å². The number of halogens is 3. The fourth-order valence-electron chi connectivity index (χ4n) is 1.09. The van der Waals surface area contributed by atoms with Crippen LogP contribution in [0.5, 0.6) is 11.6 Å². The molecule has 1 aromatic carbocycles. The molecule has 0 aliphatic heterocycles. The van der Waals surface area contributed by atoms with Crippen LogP contribution in [0.15, 0.2) is 36.5 Å². The average Bonchev–Trinajstić information content (AvgIpc) is 2.25. The second-order valence-corrected chi connectivity index (χ2v) is 4.68. The summed E-state index contributed by atoms with van der Waals surface area (Å²) in [4.78, 5) is 3.76. The lowest BCUT2D eigenvalue weighted by Crippen LogP contribution is -1.91. The molecule has 2 nitrogen and oxygen atoms in total. The Labute approximate surface area is 111 Å². The normalized spacial score (nSPS) is 10.2. The number of aromatic nitrogens is 1. The van der Waals surface area contributed by atoms with E-state index in [4.69, 9.17) is 16.3 Å².